The Morgan fingerprint density at radius 2 is 2.00 bits per heavy atom. The largest absolute Gasteiger partial charge is 0.337 e. The third kappa shape index (κ3) is 2.31. The first-order valence-electron chi connectivity index (χ1n) is 5.53. The lowest BCUT2D eigenvalue weighted by Gasteiger charge is -1.99. The maximum atomic E-state index is 4.64. The van der Waals surface area contributed by atoms with E-state index in [9.17, 15) is 0 Å². The van der Waals surface area contributed by atoms with Crippen molar-refractivity contribution in [1.82, 2.24) is 14.9 Å². The molecule has 2 aromatic rings. The van der Waals surface area contributed by atoms with E-state index in [4.69, 9.17) is 0 Å². The molecule has 3 heteroatoms. The molecule has 1 aromatic heterocycles. The molecule has 0 saturated carbocycles. The van der Waals surface area contributed by atoms with Gasteiger partial charge in [0.25, 0.3) is 0 Å². The molecule has 1 aromatic carbocycles. The zero-order valence-corrected chi connectivity index (χ0v) is 9.77. The van der Waals surface area contributed by atoms with Gasteiger partial charge in [-0.25, -0.2) is 4.98 Å². The summed E-state index contributed by atoms with van der Waals surface area (Å²) in [6.07, 6.45) is 3.04. The van der Waals surface area contributed by atoms with E-state index in [1.807, 2.05) is 32.3 Å². The van der Waals surface area contributed by atoms with Gasteiger partial charge in [0, 0.05) is 31.8 Å². The lowest BCUT2D eigenvalue weighted by atomic mass is 10.2. The number of rotatable bonds is 4. The highest BCUT2D eigenvalue weighted by molar-refractivity contribution is 5.58. The number of imidazole rings is 1. The number of likely N-dealkylation sites (N-methyl/N-ethyl adjacent to an activating group) is 1. The molecule has 0 unspecified atom stereocenters. The number of nitrogens with zero attached hydrogens (tertiary/aromatic N) is 2. The molecular weight excluding hydrogens is 198 g/mol. The van der Waals surface area contributed by atoms with Crippen molar-refractivity contribution in [1.29, 1.82) is 0 Å². The molecule has 0 radical (unpaired) electrons. The Labute approximate surface area is 96.1 Å². The highest BCUT2D eigenvalue weighted by Gasteiger charge is 2.05. The molecular formula is C13H17N3. The average Bonchev–Trinajstić information content (AvgIpc) is 2.69. The van der Waals surface area contributed by atoms with Crippen LogP contribution in [0, 0.1) is 0 Å². The zero-order chi connectivity index (χ0) is 11.4. The van der Waals surface area contributed by atoms with E-state index in [1.165, 1.54) is 5.56 Å². The van der Waals surface area contributed by atoms with Gasteiger partial charge < -0.3 is 9.88 Å². The number of aryl methyl sites for hydroxylation is 1. The van der Waals surface area contributed by atoms with Crippen LogP contribution in [0.25, 0.3) is 11.3 Å². The number of benzene rings is 1. The average molecular weight is 215 g/mol. The molecule has 0 aliphatic heterocycles. The first-order chi connectivity index (χ1) is 7.81. The van der Waals surface area contributed by atoms with E-state index in [2.05, 4.69) is 33.2 Å². The van der Waals surface area contributed by atoms with E-state index < -0.39 is 0 Å². The molecule has 0 fully saturated rings. The molecule has 16 heavy (non-hydrogen) atoms. The standard InChI is InChI=1S/C13H17N3/c1-14-9-8-13-15-12(10-16(13)2)11-6-4-3-5-7-11/h3-7,10,14H,8-9H2,1-2H3. The van der Waals surface area contributed by atoms with Gasteiger partial charge in [0.05, 0.1) is 5.69 Å². The maximum Gasteiger partial charge on any atom is 0.110 e. The second kappa shape index (κ2) is 4.94. The summed E-state index contributed by atoms with van der Waals surface area (Å²) in [7, 11) is 4.01. The van der Waals surface area contributed by atoms with Crippen LogP contribution in [0.5, 0.6) is 0 Å². The van der Waals surface area contributed by atoms with Crippen molar-refractivity contribution in [3.63, 3.8) is 0 Å². The summed E-state index contributed by atoms with van der Waals surface area (Å²) in [5.41, 5.74) is 2.23. The number of hydrogen-bond donors (Lipinski definition) is 1. The maximum absolute atomic E-state index is 4.64. The first-order valence-corrected chi connectivity index (χ1v) is 5.53. The summed E-state index contributed by atoms with van der Waals surface area (Å²) in [6.45, 7) is 0.957. The minimum Gasteiger partial charge on any atom is -0.337 e. The van der Waals surface area contributed by atoms with Crippen LogP contribution in [-0.2, 0) is 13.5 Å². The van der Waals surface area contributed by atoms with Crippen LogP contribution in [0.15, 0.2) is 36.5 Å². The van der Waals surface area contributed by atoms with Crippen LogP contribution < -0.4 is 5.32 Å². The molecule has 84 valence electrons. The van der Waals surface area contributed by atoms with Gasteiger partial charge in [0.2, 0.25) is 0 Å². The molecule has 1 heterocycles. The zero-order valence-electron chi connectivity index (χ0n) is 9.77. The molecule has 0 amide bonds. The molecule has 0 saturated heterocycles. The fourth-order valence-corrected chi connectivity index (χ4v) is 1.72. The van der Waals surface area contributed by atoms with Crippen molar-refractivity contribution in [3.8, 4) is 11.3 Å². The lowest BCUT2D eigenvalue weighted by Crippen LogP contribution is -2.12. The topological polar surface area (TPSA) is 29.9 Å². The second-order valence-corrected chi connectivity index (χ2v) is 3.87. The van der Waals surface area contributed by atoms with E-state index >= 15 is 0 Å². The number of nitrogens with one attached hydrogen (secondary N) is 1. The van der Waals surface area contributed by atoms with Gasteiger partial charge in [0.1, 0.15) is 5.82 Å². The Balaban J connectivity index is 2.24. The smallest absolute Gasteiger partial charge is 0.110 e. The quantitative estimate of drug-likeness (QED) is 0.843. The molecule has 3 nitrogen and oxygen atoms in total. The monoisotopic (exact) mass is 215 g/mol. The summed E-state index contributed by atoms with van der Waals surface area (Å²) < 4.78 is 2.10. The van der Waals surface area contributed by atoms with Gasteiger partial charge in [-0.05, 0) is 7.05 Å². The van der Waals surface area contributed by atoms with Crippen molar-refractivity contribution in [2.75, 3.05) is 13.6 Å². The predicted octanol–water partition coefficient (Wildman–Crippen LogP) is 1.85. The molecule has 1 N–H and O–H groups in total. The summed E-state index contributed by atoms with van der Waals surface area (Å²) in [5, 5.41) is 3.14. The molecule has 0 aliphatic rings. The molecule has 2 rings (SSSR count). The minimum absolute atomic E-state index is 0.957. The molecule has 0 bridgehead atoms. The second-order valence-electron chi connectivity index (χ2n) is 3.87. The summed E-state index contributed by atoms with van der Waals surface area (Å²) in [4.78, 5) is 4.64. The van der Waals surface area contributed by atoms with E-state index in [1.54, 1.807) is 0 Å². The van der Waals surface area contributed by atoms with Crippen LogP contribution >= 0.6 is 0 Å². The normalized spacial score (nSPS) is 10.6. The van der Waals surface area contributed by atoms with Crippen LogP contribution in [0.1, 0.15) is 5.82 Å². The Morgan fingerprint density at radius 1 is 1.25 bits per heavy atom. The molecule has 0 atom stereocenters. The van der Waals surface area contributed by atoms with Crippen molar-refractivity contribution < 1.29 is 0 Å². The SMILES string of the molecule is CNCCc1nc(-c2ccccc2)cn1C. The van der Waals surface area contributed by atoms with Crippen LogP contribution in [-0.4, -0.2) is 23.1 Å². The highest BCUT2D eigenvalue weighted by Crippen LogP contribution is 2.17. The number of hydrogen-bond acceptors (Lipinski definition) is 2. The Bertz CT molecular complexity index is 445. The number of aromatic nitrogens is 2. The van der Waals surface area contributed by atoms with E-state index in [0.29, 0.717) is 0 Å². The van der Waals surface area contributed by atoms with Crippen molar-refractivity contribution in [2.24, 2.45) is 7.05 Å². The summed E-state index contributed by atoms with van der Waals surface area (Å²) in [5.74, 6) is 1.12. The Morgan fingerprint density at radius 3 is 2.69 bits per heavy atom. The Kier molecular flexibility index (Phi) is 3.37. The Hall–Kier alpha value is -1.61. The van der Waals surface area contributed by atoms with Crippen LogP contribution in [0.4, 0.5) is 0 Å². The summed E-state index contributed by atoms with van der Waals surface area (Å²) >= 11 is 0. The highest BCUT2D eigenvalue weighted by atomic mass is 15.0. The van der Waals surface area contributed by atoms with Crippen LogP contribution in [0.3, 0.4) is 0 Å². The van der Waals surface area contributed by atoms with Gasteiger partial charge in [0.15, 0.2) is 0 Å². The van der Waals surface area contributed by atoms with E-state index in [-0.39, 0.29) is 0 Å². The van der Waals surface area contributed by atoms with Crippen molar-refractivity contribution in [2.45, 2.75) is 6.42 Å². The van der Waals surface area contributed by atoms with Gasteiger partial charge in [-0.15, -0.1) is 0 Å². The van der Waals surface area contributed by atoms with Crippen LogP contribution in [0.2, 0.25) is 0 Å². The van der Waals surface area contributed by atoms with Crippen molar-refractivity contribution >= 4 is 0 Å². The molecule has 0 aliphatic carbocycles. The molecule has 0 spiro atoms. The third-order valence-electron chi connectivity index (χ3n) is 2.64. The third-order valence-corrected chi connectivity index (χ3v) is 2.64. The lowest BCUT2D eigenvalue weighted by molar-refractivity contribution is 0.718. The van der Waals surface area contributed by atoms with Gasteiger partial charge in [-0.3, -0.25) is 0 Å². The predicted molar refractivity (Wildman–Crippen MR) is 66.3 cm³/mol. The van der Waals surface area contributed by atoms with Gasteiger partial charge in [-0.2, -0.15) is 0 Å². The first kappa shape index (κ1) is 10.9. The fraction of sp³-hybridized carbons (Fsp3) is 0.308. The van der Waals surface area contributed by atoms with E-state index in [0.717, 1.165) is 24.5 Å². The van der Waals surface area contributed by atoms with Gasteiger partial charge >= 0.3 is 0 Å². The fourth-order valence-electron chi connectivity index (χ4n) is 1.72. The van der Waals surface area contributed by atoms with Crippen molar-refractivity contribution in [3.05, 3.63) is 42.4 Å². The minimum atomic E-state index is 0.957. The van der Waals surface area contributed by atoms with Gasteiger partial charge in [-0.1, -0.05) is 30.3 Å². The summed E-state index contributed by atoms with van der Waals surface area (Å²) in [6, 6.07) is 10.3.